The van der Waals surface area contributed by atoms with Gasteiger partial charge in [0.15, 0.2) is 0 Å². The molecular weight excluding hydrogens is 487 g/mol. The highest BCUT2D eigenvalue weighted by atomic mass is 32.2. The minimum Gasteiger partial charge on any atom is -0.496 e. The van der Waals surface area contributed by atoms with Gasteiger partial charge in [0.1, 0.15) is 9.96 Å². The maximum absolute atomic E-state index is 13.2. The average molecular weight is 506 g/mol. The number of hydrogen-bond donors (Lipinski definition) is 1. The highest BCUT2D eigenvalue weighted by molar-refractivity contribution is 7.91. The van der Waals surface area contributed by atoms with Gasteiger partial charge < -0.3 is 4.74 Å². The van der Waals surface area contributed by atoms with E-state index in [9.17, 15) is 21.6 Å². The van der Waals surface area contributed by atoms with Gasteiger partial charge in [-0.25, -0.2) is 13.6 Å². The van der Waals surface area contributed by atoms with Crippen molar-refractivity contribution in [1.29, 1.82) is 0 Å². The van der Waals surface area contributed by atoms with Crippen LogP contribution in [0.25, 0.3) is 33.0 Å². The summed E-state index contributed by atoms with van der Waals surface area (Å²) in [6, 6.07) is 13.8. The van der Waals surface area contributed by atoms with Crippen molar-refractivity contribution in [3.63, 3.8) is 0 Å². The molecule has 0 aliphatic heterocycles. The second kappa shape index (κ2) is 8.82. The summed E-state index contributed by atoms with van der Waals surface area (Å²) >= 11 is 1.01. The van der Waals surface area contributed by atoms with Crippen LogP contribution >= 0.6 is 11.3 Å². The van der Waals surface area contributed by atoms with Crippen LogP contribution in [-0.2, 0) is 16.2 Å². The van der Waals surface area contributed by atoms with E-state index in [2.05, 4.69) is 9.97 Å². The van der Waals surface area contributed by atoms with Crippen molar-refractivity contribution in [3.8, 4) is 38.7 Å². The number of sulfonamides is 1. The van der Waals surface area contributed by atoms with E-state index in [0.29, 0.717) is 38.6 Å². The zero-order valence-electron chi connectivity index (χ0n) is 17.9. The smallest absolute Gasteiger partial charge is 0.419 e. The normalized spacial score (nSPS) is 12.1. The zero-order valence-corrected chi connectivity index (χ0v) is 19.6. The second-order valence-electron chi connectivity index (χ2n) is 7.39. The molecule has 0 amide bonds. The summed E-state index contributed by atoms with van der Waals surface area (Å²) in [6.07, 6.45) is -2.95. The second-order valence-corrected chi connectivity index (χ2v) is 10.3. The molecule has 0 fully saturated rings. The molecular formula is C23H18F3N3O3S2. The van der Waals surface area contributed by atoms with Crippen molar-refractivity contribution in [1.82, 2.24) is 9.97 Å². The van der Waals surface area contributed by atoms with E-state index >= 15 is 0 Å². The maximum atomic E-state index is 13.2. The lowest BCUT2D eigenvalue weighted by atomic mass is 10.0. The summed E-state index contributed by atoms with van der Waals surface area (Å²) in [5.74, 6) is -0.268. The molecule has 0 saturated carbocycles. The molecule has 176 valence electrons. The molecule has 0 radical (unpaired) electrons. The Bertz CT molecular complexity index is 1480. The molecule has 1 aromatic carbocycles. The van der Waals surface area contributed by atoms with Crippen molar-refractivity contribution in [2.45, 2.75) is 17.3 Å². The van der Waals surface area contributed by atoms with Crippen LogP contribution in [0.15, 0.2) is 65.0 Å². The van der Waals surface area contributed by atoms with Gasteiger partial charge in [0.2, 0.25) is 10.0 Å². The van der Waals surface area contributed by atoms with E-state index < -0.39 is 21.8 Å². The molecule has 0 saturated heterocycles. The fourth-order valence-electron chi connectivity index (χ4n) is 3.42. The van der Waals surface area contributed by atoms with E-state index in [4.69, 9.17) is 9.88 Å². The number of hydrogen-bond acceptors (Lipinski definition) is 6. The summed E-state index contributed by atoms with van der Waals surface area (Å²) in [7, 11) is -2.62. The van der Waals surface area contributed by atoms with Crippen molar-refractivity contribution in [2.75, 3.05) is 7.11 Å². The highest BCUT2D eigenvalue weighted by Gasteiger charge is 2.34. The molecule has 3 aromatic heterocycles. The molecule has 4 rings (SSSR count). The lowest BCUT2D eigenvalue weighted by Crippen LogP contribution is -2.09. The first-order chi connectivity index (χ1) is 16.0. The van der Waals surface area contributed by atoms with Gasteiger partial charge >= 0.3 is 6.18 Å². The third kappa shape index (κ3) is 4.96. The number of halogens is 3. The van der Waals surface area contributed by atoms with Crippen LogP contribution in [0.1, 0.15) is 11.3 Å². The number of ether oxygens (including phenoxy) is 1. The van der Waals surface area contributed by atoms with E-state index in [1.165, 1.54) is 25.3 Å². The number of thiophene rings is 1. The van der Waals surface area contributed by atoms with E-state index in [0.717, 1.165) is 17.4 Å². The van der Waals surface area contributed by atoms with Crippen LogP contribution in [0.5, 0.6) is 5.75 Å². The van der Waals surface area contributed by atoms with Crippen LogP contribution in [0.2, 0.25) is 0 Å². The molecule has 11 heteroatoms. The molecule has 0 unspecified atom stereocenters. The van der Waals surface area contributed by atoms with Gasteiger partial charge in [0.05, 0.1) is 28.9 Å². The number of benzene rings is 1. The average Bonchev–Trinajstić information content (AvgIpc) is 3.29. The number of alkyl halides is 3. The quantitative estimate of drug-likeness (QED) is 0.385. The molecule has 2 N–H and O–H groups in total. The Labute approximate surface area is 197 Å². The maximum Gasteiger partial charge on any atom is 0.419 e. The van der Waals surface area contributed by atoms with Gasteiger partial charge in [-0.15, -0.1) is 11.3 Å². The Morgan fingerprint density at radius 2 is 1.68 bits per heavy atom. The predicted molar refractivity (Wildman–Crippen MR) is 124 cm³/mol. The molecule has 34 heavy (non-hydrogen) atoms. The number of primary sulfonamides is 1. The van der Waals surface area contributed by atoms with Crippen molar-refractivity contribution >= 4 is 21.4 Å². The minimum atomic E-state index is -4.53. The summed E-state index contributed by atoms with van der Waals surface area (Å²) < 4.78 is 67.9. The molecule has 4 aromatic rings. The van der Waals surface area contributed by atoms with Crippen LogP contribution in [-0.4, -0.2) is 25.5 Å². The summed E-state index contributed by atoms with van der Waals surface area (Å²) in [5, 5.41) is 5.19. The number of nitrogens with two attached hydrogens (primary N) is 1. The lowest BCUT2D eigenvalue weighted by molar-refractivity contribution is -0.138. The minimum absolute atomic E-state index is 0.0296. The Hall–Kier alpha value is -3.28. The van der Waals surface area contributed by atoms with Crippen molar-refractivity contribution in [2.24, 2.45) is 5.14 Å². The third-order valence-corrected chi connectivity index (χ3v) is 7.51. The number of aryl methyl sites for hydroxylation is 1. The van der Waals surface area contributed by atoms with Crippen molar-refractivity contribution < 1.29 is 26.3 Å². The Balaban J connectivity index is 1.75. The van der Waals surface area contributed by atoms with Gasteiger partial charge in [-0.3, -0.25) is 9.97 Å². The highest BCUT2D eigenvalue weighted by Crippen LogP contribution is 2.39. The topological polar surface area (TPSA) is 95.2 Å². The molecule has 0 atom stereocenters. The van der Waals surface area contributed by atoms with Gasteiger partial charge in [0, 0.05) is 17.5 Å². The Morgan fingerprint density at radius 3 is 2.32 bits per heavy atom. The van der Waals surface area contributed by atoms with Gasteiger partial charge in [0.25, 0.3) is 0 Å². The van der Waals surface area contributed by atoms with Crippen LogP contribution in [0.3, 0.4) is 0 Å². The van der Waals surface area contributed by atoms with Crippen LogP contribution in [0, 0.1) is 6.92 Å². The number of pyridine rings is 2. The largest absolute Gasteiger partial charge is 0.496 e. The monoisotopic (exact) mass is 505 g/mol. The number of rotatable bonds is 5. The SMILES string of the molecule is COc1cc(-c2cc(C)nc(-c3ccnc(-c4ccc(S(N)(=O)=O)s4)c3)c2)ccc1C(F)(F)F. The number of nitrogens with zero attached hydrogens (tertiary/aromatic N) is 2. The van der Waals surface area contributed by atoms with Crippen molar-refractivity contribution in [3.05, 3.63) is 72.1 Å². The van der Waals surface area contributed by atoms with Crippen LogP contribution in [0.4, 0.5) is 13.2 Å². The summed E-state index contributed by atoms with van der Waals surface area (Å²) in [6.45, 7) is 1.79. The molecule has 3 heterocycles. The number of aromatic nitrogens is 2. The summed E-state index contributed by atoms with van der Waals surface area (Å²) in [4.78, 5) is 9.49. The third-order valence-electron chi connectivity index (χ3n) is 4.96. The standard InChI is InChI=1S/C23H18F3N3O3S2/c1-13-9-16(14-3-4-17(23(24,25)26)20(12-14)32-2)11-18(29-13)15-7-8-28-19(10-15)21-5-6-22(33-21)34(27,30)31/h3-12H,1-2H3,(H2,27,30,31). The molecule has 6 nitrogen and oxygen atoms in total. The fraction of sp³-hybridized carbons (Fsp3) is 0.130. The first-order valence-corrected chi connectivity index (χ1v) is 12.2. The molecule has 0 bridgehead atoms. The Kier molecular flexibility index (Phi) is 6.19. The van der Waals surface area contributed by atoms with E-state index in [1.54, 1.807) is 43.5 Å². The van der Waals surface area contributed by atoms with E-state index in [1.807, 2.05) is 0 Å². The van der Waals surface area contributed by atoms with E-state index in [-0.39, 0.29) is 9.96 Å². The first kappa shape index (κ1) is 23.9. The fourth-order valence-corrected chi connectivity index (χ4v) is 5.12. The predicted octanol–water partition coefficient (Wildman–Crippen LogP) is 5.52. The van der Waals surface area contributed by atoms with Gasteiger partial charge in [-0.05, 0) is 66.6 Å². The number of methoxy groups -OCH3 is 1. The lowest BCUT2D eigenvalue weighted by Gasteiger charge is -2.14. The first-order valence-electron chi connectivity index (χ1n) is 9.79. The molecule has 0 aliphatic carbocycles. The molecule has 0 aliphatic rings. The molecule has 0 spiro atoms. The van der Waals surface area contributed by atoms with Gasteiger partial charge in [-0.2, -0.15) is 13.2 Å². The Morgan fingerprint density at radius 1 is 0.941 bits per heavy atom. The summed E-state index contributed by atoms with van der Waals surface area (Å²) in [5.41, 5.74) is 2.86. The zero-order chi connectivity index (χ0) is 24.7. The van der Waals surface area contributed by atoms with Gasteiger partial charge in [-0.1, -0.05) is 6.07 Å². The van der Waals surface area contributed by atoms with Crippen LogP contribution < -0.4 is 9.88 Å².